The van der Waals surface area contributed by atoms with Gasteiger partial charge in [0, 0.05) is 16.1 Å². The van der Waals surface area contributed by atoms with Crippen LogP contribution < -0.4 is 16.4 Å². The van der Waals surface area contributed by atoms with Crippen molar-refractivity contribution < 1.29 is 4.79 Å². The number of fused-ring (bicyclic) bond motifs is 2. The first kappa shape index (κ1) is 20.2. The first-order valence-corrected chi connectivity index (χ1v) is 11.0. The number of carbonyl (C=O) groups is 1. The fourth-order valence-corrected chi connectivity index (χ4v) is 4.24. The molecule has 5 rings (SSSR count). The Bertz CT molecular complexity index is 1450. The van der Waals surface area contributed by atoms with E-state index < -0.39 is 5.91 Å². The zero-order valence-corrected chi connectivity index (χ0v) is 18.2. The van der Waals surface area contributed by atoms with E-state index in [1.165, 1.54) is 11.3 Å². The second kappa shape index (κ2) is 8.41. The number of aromatic nitrogens is 3. The smallest absolute Gasteiger partial charge is 0.294 e. The fourth-order valence-electron chi connectivity index (χ4n) is 3.38. The molecular weight excluding hydrogens is 444 g/mol. The Balaban J connectivity index is 1.44. The molecule has 0 bridgehead atoms. The van der Waals surface area contributed by atoms with E-state index in [-0.39, 0.29) is 11.6 Å². The largest absolute Gasteiger partial charge is 0.382 e. The lowest BCUT2D eigenvalue weighted by molar-refractivity contribution is 0.101. The van der Waals surface area contributed by atoms with Crippen LogP contribution in [0.4, 0.5) is 17.3 Å². The minimum Gasteiger partial charge on any atom is -0.382 e. The van der Waals surface area contributed by atoms with E-state index in [9.17, 15) is 4.79 Å². The van der Waals surface area contributed by atoms with E-state index in [0.29, 0.717) is 22.9 Å². The molecule has 2 aromatic carbocycles. The van der Waals surface area contributed by atoms with Gasteiger partial charge in [-0.05, 0) is 47.2 Å². The van der Waals surface area contributed by atoms with Crippen molar-refractivity contribution in [3.05, 3.63) is 82.6 Å². The molecule has 0 radical (unpaired) electrons. The third-order valence-electron chi connectivity index (χ3n) is 4.90. The topological polar surface area (TPSA) is 106 Å². The van der Waals surface area contributed by atoms with Gasteiger partial charge < -0.3 is 16.4 Å². The summed E-state index contributed by atoms with van der Waals surface area (Å²) in [5.41, 5.74) is 8.34. The third kappa shape index (κ3) is 4.05. The third-order valence-corrected chi connectivity index (χ3v) is 6.08. The van der Waals surface area contributed by atoms with Crippen LogP contribution in [0, 0.1) is 0 Å². The summed E-state index contributed by atoms with van der Waals surface area (Å²) in [5.74, 6) is 0.233. The lowest BCUT2D eigenvalue weighted by Crippen LogP contribution is -2.18. The molecule has 4 N–H and O–H groups in total. The quantitative estimate of drug-likeness (QED) is 0.327. The van der Waals surface area contributed by atoms with Gasteiger partial charge >= 0.3 is 0 Å². The normalized spacial score (nSPS) is 11.0. The Hall–Kier alpha value is -3.75. The summed E-state index contributed by atoms with van der Waals surface area (Å²) in [4.78, 5) is 26.0. The van der Waals surface area contributed by atoms with Crippen molar-refractivity contribution in [3.8, 4) is 0 Å². The molecule has 0 saturated carbocycles. The van der Waals surface area contributed by atoms with Gasteiger partial charge in [-0.3, -0.25) is 4.79 Å². The monoisotopic (exact) mass is 460 g/mol. The van der Waals surface area contributed by atoms with E-state index >= 15 is 0 Å². The van der Waals surface area contributed by atoms with Gasteiger partial charge in [-0.15, -0.1) is 11.3 Å². The van der Waals surface area contributed by atoms with Crippen molar-refractivity contribution >= 4 is 67.2 Å². The van der Waals surface area contributed by atoms with Gasteiger partial charge in [-0.2, -0.15) is 0 Å². The molecule has 0 atom stereocenters. The number of rotatable bonds is 5. The molecule has 7 nitrogen and oxygen atoms in total. The number of nitrogens with zero attached hydrogens (tertiary/aromatic N) is 3. The van der Waals surface area contributed by atoms with Crippen LogP contribution in [0.1, 0.15) is 16.3 Å². The highest BCUT2D eigenvalue weighted by atomic mass is 35.5. The zero-order valence-electron chi connectivity index (χ0n) is 16.7. The molecule has 3 heterocycles. The number of hydrogen-bond donors (Lipinski definition) is 3. The van der Waals surface area contributed by atoms with Crippen LogP contribution >= 0.6 is 22.9 Å². The maximum Gasteiger partial charge on any atom is 0.294 e. The first-order chi connectivity index (χ1) is 15.6. The molecule has 0 unspecified atom stereocenters. The molecule has 0 fully saturated rings. The van der Waals surface area contributed by atoms with Crippen molar-refractivity contribution in [3.63, 3.8) is 0 Å². The van der Waals surface area contributed by atoms with Gasteiger partial charge in [0.05, 0.1) is 22.5 Å². The average Bonchev–Trinajstić information content (AvgIpc) is 3.28. The lowest BCUT2D eigenvalue weighted by Gasteiger charge is -2.12. The van der Waals surface area contributed by atoms with Crippen molar-refractivity contribution in [2.75, 3.05) is 16.4 Å². The number of hydrogen-bond acceptors (Lipinski definition) is 7. The van der Waals surface area contributed by atoms with E-state index in [0.717, 1.165) is 26.9 Å². The number of amides is 1. The molecule has 1 amide bonds. The molecule has 0 aliphatic heterocycles. The summed E-state index contributed by atoms with van der Waals surface area (Å²) in [5, 5.41) is 10.6. The number of benzene rings is 2. The summed E-state index contributed by atoms with van der Waals surface area (Å²) in [7, 11) is 0. The molecule has 3 aromatic heterocycles. The van der Waals surface area contributed by atoms with Crippen LogP contribution in [0.15, 0.2) is 66.0 Å². The van der Waals surface area contributed by atoms with Gasteiger partial charge in [0.1, 0.15) is 11.6 Å². The van der Waals surface area contributed by atoms with Crippen LogP contribution in [0.5, 0.6) is 0 Å². The minimum absolute atomic E-state index is 0.00389. The van der Waals surface area contributed by atoms with Crippen molar-refractivity contribution in [2.45, 2.75) is 6.54 Å². The van der Waals surface area contributed by atoms with E-state index in [4.69, 9.17) is 17.3 Å². The molecular formula is C23H17ClN6OS. The molecule has 0 aliphatic rings. The summed E-state index contributed by atoms with van der Waals surface area (Å²) >= 11 is 7.40. The molecule has 0 saturated heterocycles. The average molecular weight is 461 g/mol. The maximum atomic E-state index is 12.8. The first-order valence-electron chi connectivity index (χ1n) is 9.77. The highest BCUT2D eigenvalue weighted by Gasteiger charge is 2.15. The zero-order chi connectivity index (χ0) is 22.1. The highest BCUT2D eigenvalue weighted by molar-refractivity contribution is 7.17. The molecule has 0 aliphatic carbocycles. The summed E-state index contributed by atoms with van der Waals surface area (Å²) < 4.78 is 0.765. The number of nitrogen functional groups attached to an aromatic ring is 1. The van der Waals surface area contributed by atoms with Crippen molar-refractivity contribution in [1.82, 2.24) is 15.0 Å². The van der Waals surface area contributed by atoms with E-state index in [1.54, 1.807) is 0 Å². The van der Waals surface area contributed by atoms with Gasteiger partial charge in [0.15, 0.2) is 0 Å². The van der Waals surface area contributed by atoms with Gasteiger partial charge in [-0.25, -0.2) is 15.0 Å². The molecule has 32 heavy (non-hydrogen) atoms. The number of thiophene rings is 1. The Morgan fingerprint density at radius 2 is 1.84 bits per heavy atom. The summed E-state index contributed by atoms with van der Waals surface area (Å²) in [6.45, 7) is 0.468. The van der Waals surface area contributed by atoms with Crippen LogP contribution in [0.3, 0.4) is 0 Å². The standard InChI is InChI=1S/C23H17ClN6OS/c24-14-5-7-15(8-6-14)26-12-18-16-4-2-1-3-13(16)11-19(27-18)29-23(31)22-28-17-9-10-32-20(17)21(25)30-22/h1-11,26H,12H2,(H2,25,28,30)(H,27,29,31). The number of halogens is 1. The van der Waals surface area contributed by atoms with Crippen LogP contribution in [0.25, 0.3) is 21.0 Å². The Labute approximate surface area is 192 Å². The molecule has 0 spiro atoms. The molecule has 5 aromatic rings. The van der Waals surface area contributed by atoms with E-state index in [2.05, 4.69) is 25.6 Å². The van der Waals surface area contributed by atoms with E-state index in [1.807, 2.05) is 66.0 Å². The number of anilines is 3. The van der Waals surface area contributed by atoms with Crippen molar-refractivity contribution in [1.29, 1.82) is 0 Å². The minimum atomic E-state index is -0.468. The van der Waals surface area contributed by atoms with Crippen molar-refractivity contribution in [2.24, 2.45) is 0 Å². The Morgan fingerprint density at radius 3 is 2.69 bits per heavy atom. The van der Waals surface area contributed by atoms with Crippen LogP contribution in [-0.4, -0.2) is 20.9 Å². The number of nitrogens with one attached hydrogen (secondary N) is 2. The number of carbonyl (C=O) groups excluding carboxylic acids is 1. The SMILES string of the molecule is Nc1nc(C(=O)Nc2cc3ccccc3c(CNc3ccc(Cl)cc3)n2)nc2ccsc12. The number of pyridine rings is 1. The molecule has 158 valence electrons. The second-order valence-electron chi connectivity index (χ2n) is 7.06. The summed E-state index contributed by atoms with van der Waals surface area (Å²) in [6, 6.07) is 19.0. The van der Waals surface area contributed by atoms with Crippen LogP contribution in [-0.2, 0) is 6.54 Å². The predicted molar refractivity (Wildman–Crippen MR) is 130 cm³/mol. The maximum absolute atomic E-state index is 12.8. The highest BCUT2D eigenvalue weighted by Crippen LogP contribution is 2.25. The predicted octanol–water partition coefficient (Wildman–Crippen LogP) is 5.34. The van der Waals surface area contributed by atoms with Crippen LogP contribution in [0.2, 0.25) is 5.02 Å². The lowest BCUT2D eigenvalue weighted by atomic mass is 10.1. The van der Waals surface area contributed by atoms with Gasteiger partial charge in [0.2, 0.25) is 5.82 Å². The van der Waals surface area contributed by atoms with Gasteiger partial charge in [0.25, 0.3) is 5.91 Å². The Morgan fingerprint density at radius 1 is 1.03 bits per heavy atom. The van der Waals surface area contributed by atoms with Gasteiger partial charge in [-0.1, -0.05) is 35.9 Å². The summed E-state index contributed by atoms with van der Waals surface area (Å²) in [6.07, 6.45) is 0. The second-order valence-corrected chi connectivity index (χ2v) is 8.41. The number of nitrogens with two attached hydrogens (primary N) is 1. The molecule has 9 heteroatoms. The Kier molecular flexibility index (Phi) is 5.30. The fraction of sp³-hybridized carbons (Fsp3) is 0.0435.